The van der Waals surface area contributed by atoms with Crippen LogP contribution in [-0.4, -0.2) is 41.4 Å². The zero-order valence-corrected chi connectivity index (χ0v) is 14.5. The highest BCUT2D eigenvalue weighted by molar-refractivity contribution is 7.88. The molecule has 0 unspecified atom stereocenters. The second-order valence-electron chi connectivity index (χ2n) is 5.51. The number of nitrogens with one attached hydrogen (secondary N) is 2. The minimum absolute atomic E-state index is 0.184. The lowest BCUT2D eigenvalue weighted by Crippen LogP contribution is -2.44. The number of aromatic nitrogens is 3. The number of sulfonamides is 1. The van der Waals surface area contributed by atoms with Crippen molar-refractivity contribution < 1.29 is 13.2 Å². The molecule has 2 N–H and O–H groups in total. The summed E-state index contributed by atoms with van der Waals surface area (Å²) in [5.74, 6) is 0.198. The van der Waals surface area contributed by atoms with E-state index in [0.717, 1.165) is 12.7 Å². The van der Waals surface area contributed by atoms with Gasteiger partial charge in [0.2, 0.25) is 15.9 Å². The molecule has 0 aliphatic carbocycles. The fourth-order valence-electron chi connectivity index (χ4n) is 2.19. The Bertz CT molecular complexity index is 773. The molecule has 8 nitrogen and oxygen atoms in total. The Kier molecular flexibility index (Phi) is 6.04. The Labute approximate surface area is 141 Å². The van der Waals surface area contributed by atoms with Gasteiger partial charge in [-0.15, -0.1) is 10.2 Å². The van der Waals surface area contributed by atoms with E-state index in [4.69, 9.17) is 0 Å². The van der Waals surface area contributed by atoms with Gasteiger partial charge in [0, 0.05) is 6.54 Å². The van der Waals surface area contributed by atoms with Crippen molar-refractivity contribution in [3.63, 3.8) is 0 Å². The number of carbonyl (C=O) groups is 1. The monoisotopic (exact) mass is 351 g/mol. The zero-order valence-electron chi connectivity index (χ0n) is 13.6. The molecule has 1 aromatic carbocycles. The lowest BCUT2D eigenvalue weighted by Gasteiger charge is -2.13. The van der Waals surface area contributed by atoms with Gasteiger partial charge in [-0.25, -0.2) is 13.1 Å². The molecule has 0 saturated carbocycles. The fraction of sp³-hybridized carbons (Fsp3) is 0.400. The van der Waals surface area contributed by atoms with E-state index >= 15 is 0 Å². The van der Waals surface area contributed by atoms with E-state index < -0.39 is 22.0 Å². The molecule has 24 heavy (non-hydrogen) atoms. The molecule has 0 bridgehead atoms. The first-order chi connectivity index (χ1) is 11.3. The first kappa shape index (κ1) is 18.1. The summed E-state index contributed by atoms with van der Waals surface area (Å²) in [6.45, 7) is 2.36. The van der Waals surface area contributed by atoms with Crippen molar-refractivity contribution in [2.45, 2.75) is 32.5 Å². The number of aryl methyl sites for hydroxylation is 2. The molecule has 0 aliphatic rings. The molecular weight excluding hydrogens is 330 g/mol. The van der Waals surface area contributed by atoms with Gasteiger partial charge in [0.15, 0.2) is 5.82 Å². The minimum Gasteiger partial charge on any atom is -0.347 e. The van der Waals surface area contributed by atoms with E-state index in [0.29, 0.717) is 12.4 Å². The topological polar surface area (TPSA) is 106 Å². The second kappa shape index (κ2) is 8.02. The molecule has 0 fully saturated rings. The van der Waals surface area contributed by atoms with Crippen LogP contribution in [-0.2, 0) is 34.3 Å². The molecule has 2 rings (SSSR count). The summed E-state index contributed by atoms with van der Waals surface area (Å²) >= 11 is 0. The van der Waals surface area contributed by atoms with Crippen molar-refractivity contribution in [1.29, 1.82) is 0 Å². The Hall–Kier alpha value is -2.26. The Morgan fingerprint density at radius 2 is 2.00 bits per heavy atom. The maximum Gasteiger partial charge on any atom is 0.238 e. The minimum atomic E-state index is -3.43. The number of hydrogen-bond donors (Lipinski definition) is 2. The van der Waals surface area contributed by atoms with Crippen molar-refractivity contribution >= 4 is 15.9 Å². The number of rotatable bonds is 8. The molecular formula is C15H21N5O3S. The molecule has 130 valence electrons. The van der Waals surface area contributed by atoms with Crippen molar-refractivity contribution in [3.8, 4) is 0 Å². The van der Waals surface area contributed by atoms with Gasteiger partial charge in [-0.2, -0.15) is 0 Å². The van der Waals surface area contributed by atoms with E-state index in [2.05, 4.69) is 20.2 Å². The number of carbonyl (C=O) groups excluding carboxylic acids is 1. The van der Waals surface area contributed by atoms with Crippen LogP contribution in [0.5, 0.6) is 0 Å². The van der Waals surface area contributed by atoms with Crippen LogP contribution in [0.15, 0.2) is 36.7 Å². The summed E-state index contributed by atoms with van der Waals surface area (Å²) in [6, 6.07) is 9.18. The number of nitrogens with zero attached hydrogens (tertiary/aromatic N) is 3. The van der Waals surface area contributed by atoms with E-state index in [1.165, 1.54) is 12.5 Å². The van der Waals surface area contributed by atoms with Gasteiger partial charge in [-0.05, 0) is 18.9 Å². The summed E-state index contributed by atoms with van der Waals surface area (Å²) in [4.78, 5) is 11.9. The van der Waals surface area contributed by atoms with Crippen LogP contribution < -0.4 is 10.0 Å². The Morgan fingerprint density at radius 1 is 1.29 bits per heavy atom. The van der Waals surface area contributed by atoms with Crippen LogP contribution in [0.4, 0.5) is 0 Å². The van der Waals surface area contributed by atoms with Crippen LogP contribution >= 0.6 is 0 Å². The SMILES string of the molecule is C[C@H](NS(C)(=O)=O)C(=O)NCc1nncn1CCc1ccccc1. The molecule has 9 heteroatoms. The first-order valence-electron chi connectivity index (χ1n) is 7.51. The largest absolute Gasteiger partial charge is 0.347 e. The molecule has 0 saturated heterocycles. The summed E-state index contributed by atoms with van der Waals surface area (Å²) in [6.07, 6.45) is 3.45. The Balaban J connectivity index is 1.87. The van der Waals surface area contributed by atoms with Crippen LogP contribution in [0.1, 0.15) is 18.3 Å². The molecule has 0 aliphatic heterocycles. The standard InChI is InChI=1S/C15H21N5O3S/c1-12(19-24(2,22)23)15(21)16-10-14-18-17-11-20(14)9-8-13-6-4-3-5-7-13/h3-7,11-12,19H,8-10H2,1-2H3,(H,16,21)/t12-/m0/s1. The van der Waals surface area contributed by atoms with Gasteiger partial charge in [-0.3, -0.25) is 4.79 Å². The van der Waals surface area contributed by atoms with E-state index in [1.54, 1.807) is 6.33 Å². The zero-order chi connectivity index (χ0) is 17.6. The molecule has 2 aromatic rings. The third kappa shape index (κ3) is 5.74. The molecule has 1 heterocycles. The third-order valence-corrected chi connectivity index (χ3v) is 4.17. The van der Waals surface area contributed by atoms with Gasteiger partial charge < -0.3 is 9.88 Å². The third-order valence-electron chi connectivity index (χ3n) is 3.38. The van der Waals surface area contributed by atoms with Crippen molar-refractivity contribution in [2.24, 2.45) is 0 Å². The summed E-state index contributed by atoms with van der Waals surface area (Å²) in [5, 5.41) is 10.5. The van der Waals surface area contributed by atoms with Gasteiger partial charge in [-0.1, -0.05) is 30.3 Å². The van der Waals surface area contributed by atoms with Gasteiger partial charge in [0.05, 0.1) is 18.8 Å². The van der Waals surface area contributed by atoms with Crippen molar-refractivity contribution in [2.75, 3.05) is 6.26 Å². The molecule has 0 radical (unpaired) electrons. The number of benzene rings is 1. The summed E-state index contributed by atoms with van der Waals surface area (Å²) < 4.78 is 26.4. The van der Waals surface area contributed by atoms with Gasteiger partial charge in [0.1, 0.15) is 6.33 Å². The van der Waals surface area contributed by atoms with Crippen LogP contribution in [0.3, 0.4) is 0 Å². The number of hydrogen-bond acceptors (Lipinski definition) is 5. The van der Waals surface area contributed by atoms with Crippen molar-refractivity contribution in [3.05, 3.63) is 48.0 Å². The van der Waals surface area contributed by atoms with Crippen LogP contribution in [0, 0.1) is 0 Å². The average Bonchev–Trinajstić information content (AvgIpc) is 2.97. The lowest BCUT2D eigenvalue weighted by molar-refractivity contribution is -0.122. The number of amides is 1. The smallest absolute Gasteiger partial charge is 0.238 e. The average molecular weight is 351 g/mol. The lowest BCUT2D eigenvalue weighted by atomic mass is 10.1. The van der Waals surface area contributed by atoms with Gasteiger partial charge in [0.25, 0.3) is 0 Å². The van der Waals surface area contributed by atoms with E-state index in [-0.39, 0.29) is 6.54 Å². The first-order valence-corrected chi connectivity index (χ1v) is 9.40. The van der Waals surface area contributed by atoms with Crippen molar-refractivity contribution in [1.82, 2.24) is 24.8 Å². The molecule has 1 aromatic heterocycles. The summed E-state index contributed by atoms with van der Waals surface area (Å²) in [7, 11) is -3.43. The Morgan fingerprint density at radius 3 is 2.67 bits per heavy atom. The highest BCUT2D eigenvalue weighted by Crippen LogP contribution is 2.03. The maximum atomic E-state index is 11.9. The van der Waals surface area contributed by atoms with Gasteiger partial charge >= 0.3 is 0 Å². The molecule has 1 atom stereocenters. The second-order valence-corrected chi connectivity index (χ2v) is 7.29. The summed E-state index contributed by atoms with van der Waals surface area (Å²) in [5.41, 5.74) is 1.20. The molecule has 0 spiro atoms. The van der Waals surface area contributed by atoms with Crippen LogP contribution in [0.2, 0.25) is 0 Å². The van der Waals surface area contributed by atoms with Crippen LogP contribution in [0.25, 0.3) is 0 Å². The van der Waals surface area contributed by atoms with E-state index in [9.17, 15) is 13.2 Å². The highest BCUT2D eigenvalue weighted by atomic mass is 32.2. The highest BCUT2D eigenvalue weighted by Gasteiger charge is 2.17. The normalized spacial score (nSPS) is 12.8. The maximum absolute atomic E-state index is 11.9. The predicted octanol–water partition coefficient (Wildman–Crippen LogP) is 0.0747. The predicted molar refractivity (Wildman–Crippen MR) is 89.5 cm³/mol. The fourth-order valence-corrected chi connectivity index (χ4v) is 2.94. The quantitative estimate of drug-likeness (QED) is 0.700. The molecule has 1 amide bonds. The van der Waals surface area contributed by atoms with E-state index in [1.807, 2.05) is 34.9 Å².